The lowest BCUT2D eigenvalue weighted by Gasteiger charge is -2.52. The topological polar surface area (TPSA) is 16.4 Å². The van der Waals surface area contributed by atoms with E-state index in [1.807, 2.05) is 0 Å². The number of hydrogen-bond donors (Lipinski definition) is 0. The Morgan fingerprint density at radius 3 is 1.65 bits per heavy atom. The van der Waals surface area contributed by atoms with Gasteiger partial charge in [0.2, 0.25) is 0 Å². The van der Waals surface area contributed by atoms with Crippen LogP contribution in [0, 0.1) is 0 Å². The van der Waals surface area contributed by atoms with Gasteiger partial charge in [-0.15, -0.1) is 0 Å². The predicted octanol–water partition coefficient (Wildman–Crippen LogP) is 11.0. The summed E-state index contributed by atoms with van der Waals surface area (Å²) in [6.45, 7) is 26.1. The molecule has 5 aromatic carbocycles. The van der Waals surface area contributed by atoms with Crippen molar-refractivity contribution < 1.29 is 4.42 Å². The average Bonchev–Trinajstić information content (AvgIpc) is 3.38. The summed E-state index contributed by atoms with van der Waals surface area (Å²) < 4.78 is 6.56. The molecule has 0 radical (unpaired) electrons. The first-order valence-electron chi connectivity index (χ1n) is 17.7. The largest absolute Gasteiger partial charge is 0.456 e. The summed E-state index contributed by atoms with van der Waals surface area (Å²) in [7, 11) is 0. The maximum Gasteiger partial charge on any atom is 0.329 e. The first-order chi connectivity index (χ1) is 22.4. The molecule has 3 aliphatic heterocycles. The van der Waals surface area contributed by atoms with Crippen LogP contribution in [0.3, 0.4) is 0 Å². The number of anilines is 2. The van der Waals surface area contributed by atoms with Crippen LogP contribution < -0.4 is 15.7 Å². The van der Waals surface area contributed by atoms with Crippen LogP contribution in [0.4, 0.5) is 11.4 Å². The maximum absolute atomic E-state index is 6.56. The zero-order valence-corrected chi connectivity index (χ0v) is 30.4. The molecule has 9 rings (SSSR count). The lowest BCUT2D eigenvalue weighted by molar-refractivity contribution is 0.574. The molecule has 3 heteroatoms. The van der Waals surface area contributed by atoms with Gasteiger partial charge in [-0.25, -0.2) is 0 Å². The van der Waals surface area contributed by atoms with Crippen molar-refractivity contribution in [1.29, 1.82) is 0 Å². The van der Waals surface area contributed by atoms with Crippen molar-refractivity contribution >= 4 is 51.1 Å². The van der Waals surface area contributed by atoms with Gasteiger partial charge < -0.3 is 9.23 Å². The van der Waals surface area contributed by atoms with Crippen LogP contribution in [0.1, 0.15) is 104 Å². The van der Waals surface area contributed by atoms with E-state index in [2.05, 4.69) is 160 Å². The fourth-order valence-electron chi connectivity index (χ4n) is 8.72. The van der Waals surface area contributed by atoms with E-state index in [4.69, 9.17) is 4.42 Å². The molecule has 0 unspecified atom stereocenters. The van der Waals surface area contributed by atoms with E-state index in [9.17, 15) is 0 Å². The molecule has 0 amide bonds. The number of hydrogen-bond acceptors (Lipinski definition) is 2. The molecule has 240 valence electrons. The Kier molecular flexibility index (Phi) is 5.63. The van der Waals surface area contributed by atoms with Gasteiger partial charge in [-0.1, -0.05) is 131 Å². The Labute approximate surface area is 286 Å². The molecule has 0 saturated carbocycles. The van der Waals surface area contributed by atoms with Crippen LogP contribution in [-0.2, 0) is 21.7 Å². The summed E-state index contributed by atoms with van der Waals surface area (Å²) in [6.07, 6.45) is 0. The van der Waals surface area contributed by atoms with Gasteiger partial charge in [0.1, 0.15) is 11.2 Å². The van der Waals surface area contributed by atoms with E-state index in [1.165, 1.54) is 83.1 Å². The molecular formula is C45H46BNO. The predicted molar refractivity (Wildman–Crippen MR) is 206 cm³/mol. The number of para-hydroxylation sites is 1. The summed E-state index contributed by atoms with van der Waals surface area (Å²) in [4.78, 5) is 2.75. The van der Waals surface area contributed by atoms with E-state index in [0.717, 1.165) is 11.2 Å². The zero-order chi connectivity index (χ0) is 33.9. The molecule has 3 aliphatic rings. The molecule has 0 saturated heterocycles. The third-order valence-electron chi connectivity index (χ3n) is 11.7. The van der Waals surface area contributed by atoms with Gasteiger partial charge in [-0.3, -0.25) is 0 Å². The Bertz CT molecular complexity index is 2380. The molecule has 48 heavy (non-hydrogen) atoms. The molecule has 0 bridgehead atoms. The highest BCUT2D eigenvalue weighted by atomic mass is 16.3. The van der Waals surface area contributed by atoms with Gasteiger partial charge in [0, 0.05) is 38.7 Å². The maximum atomic E-state index is 6.56. The van der Waals surface area contributed by atoms with Gasteiger partial charge in [0.15, 0.2) is 0 Å². The van der Waals surface area contributed by atoms with Crippen molar-refractivity contribution in [3.05, 3.63) is 107 Å². The van der Waals surface area contributed by atoms with Crippen molar-refractivity contribution in [2.45, 2.75) is 97.8 Å². The van der Waals surface area contributed by atoms with E-state index < -0.39 is 0 Å². The second-order valence-corrected chi connectivity index (χ2v) is 18.3. The summed E-state index contributed by atoms with van der Waals surface area (Å²) in [5, 5.41) is 2.37. The Morgan fingerprint density at radius 1 is 0.521 bits per heavy atom. The third kappa shape index (κ3) is 3.88. The fourth-order valence-corrected chi connectivity index (χ4v) is 8.72. The highest BCUT2D eigenvalue weighted by Crippen LogP contribution is 2.59. The number of benzene rings is 5. The van der Waals surface area contributed by atoms with Gasteiger partial charge in [-0.05, 0) is 90.4 Å². The summed E-state index contributed by atoms with van der Waals surface area (Å²) in [6, 6.07) is 30.8. The van der Waals surface area contributed by atoms with Crippen molar-refractivity contribution in [3.63, 3.8) is 0 Å². The normalized spacial score (nSPS) is 15.9. The number of furan rings is 1. The highest BCUT2D eigenvalue weighted by Gasteiger charge is 2.51. The minimum Gasteiger partial charge on any atom is -0.456 e. The lowest BCUT2D eigenvalue weighted by atomic mass is 9.41. The van der Waals surface area contributed by atoms with Gasteiger partial charge in [0.25, 0.3) is 0 Å². The number of rotatable bonds is 0. The Morgan fingerprint density at radius 2 is 1.06 bits per heavy atom. The van der Waals surface area contributed by atoms with Crippen LogP contribution in [0.25, 0.3) is 44.2 Å². The summed E-state index contributed by atoms with van der Waals surface area (Å²) in [5.41, 5.74) is 19.6. The van der Waals surface area contributed by atoms with Crippen molar-refractivity contribution in [1.82, 2.24) is 0 Å². The molecule has 0 spiro atoms. The van der Waals surface area contributed by atoms with Crippen LogP contribution in [0.2, 0.25) is 0 Å². The molecule has 0 fully saturated rings. The van der Waals surface area contributed by atoms with Crippen LogP contribution in [0.15, 0.2) is 83.3 Å². The second-order valence-electron chi connectivity index (χ2n) is 18.3. The van der Waals surface area contributed by atoms with E-state index >= 15 is 0 Å². The first kappa shape index (κ1) is 29.9. The molecule has 4 heterocycles. The van der Waals surface area contributed by atoms with Crippen LogP contribution in [0.5, 0.6) is 0 Å². The van der Waals surface area contributed by atoms with Crippen LogP contribution in [-0.4, -0.2) is 6.85 Å². The monoisotopic (exact) mass is 627 g/mol. The quantitative estimate of drug-likeness (QED) is 0.156. The first-order valence-corrected chi connectivity index (χ1v) is 17.7. The van der Waals surface area contributed by atoms with Gasteiger partial charge >= 0.3 is 6.85 Å². The molecular weight excluding hydrogens is 581 g/mol. The van der Waals surface area contributed by atoms with Crippen molar-refractivity contribution in [2.75, 3.05) is 4.81 Å². The van der Waals surface area contributed by atoms with E-state index in [1.54, 1.807) is 0 Å². The van der Waals surface area contributed by atoms with E-state index in [-0.39, 0.29) is 28.5 Å². The van der Waals surface area contributed by atoms with Gasteiger partial charge in [0.05, 0.1) is 0 Å². The molecule has 6 aromatic rings. The van der Waals surface area contributed by atoms with E-state index in [0.29, 0.717) is 0 Å². The molecule has 2 nitrogen and oxygen atoms in total. The third-order valence-corrected chi connectivity index (χ3v) is 11.7. The smallest absolute Gasteiger partial charge is 0.329 e. The minimum atomic E-state index is -0.197. The van der Waals surface area contributed by atoms with Crippen molar-refractivity contribution in [3.8, 4) is 22.3 Å². The number of fused-ring (bicyclic) bond motifs is 9. The lowest BCUT2D eigenvalue weighted by Crippen LogP contribution is -2.61. The zero-order valence-electron chi connectivity index (χ0n) is 30.4. The summed E-state index contributed by atoms with van der Waals surface area (Å²) >= 11 is 0. The minimum absolute atomic E-state index is 0.00135. The second kappa shape index (κ2) is 9.05. The molecule has 0 N–H and O–H groups in total. The molecule has 0 atom stereocenters. The average molecular weight is 628 g/mol. The van der Waals surface area contributed by atoms with Gasteiger partial charge in [-0.2, -0.15) is 0 Å². The Hall–Kier alpha value is -4.24. The Balaban J connectivity index is 1.49. The van der Waals surface area contributed by atoms with Crippen molar-refractivity contribution in [2.24, 2.45) is 0 Å². The standard InChI is InChI=1S/C45H46BNO/c1-42(2,3)25-16-17-36-29(18-25)32-19-26(43(4,5)6)21-34-40(32)47-41-33(20-27(44(7,8)9)22-35(41)45(34,10)11)30-24-39-31(23-37(30)46(36)47)28-14-12-13-15-38(28)48-39/h12-24H,1-11H3. The number of nitrogens with zero attached hydrogens (tertiary/aromatic N) is 1. The molecule has 0 aliphatic carbocycles. The molecule has 1 aromatic heterocycles. The highest BCUT2D eigenvalue weighted by molar-refractivity contribution is 6.92. The SMILES string of the molecule is CC(C)(C)c1ccc2c(c1)-c1cc(C(C)(C)C)cc3c1N1B2c2cc4c(cc2-c2cc(C(C)(C)C)cc(c21)C3(C)C)oc1ccccc14. The summed E-state index contributed by atoms with van der Waals surface area (Å²) in [5.74, 6) is 0. The van der Waals surface area contributed by atoms with Crippen LogP contribution >= 0.6 is 0 Å². The fraction of sp³-hybridized carbons (Fsp3) is 0.333.